The molecule has 4 rings (SSSR count). The van der Waals surface area contributed by atoms with Crippen LogP contribution in [0, 0.1) is 17.3 Å². The number of nitrogens with one attached hydrogen (secondary N) is 2. The van der Waals surface area contributed by atoms with E-state index in [1.165, 1.54) is 4.90 Å². The van der Waals surface area contributed by atoms with E-state index in [1.54, 1.807) is 19.1 Å². The van der Waals surface area contributed by atoms with Crippen LogP contribution in [0.15, 0.2) is 30.3 Å². The number of ether oxygens (including phenoxy) is 1. The zero-order valence-corrected chi connectivity index (χ0v) is 21.6. The lowest BCUT2D eigenvalue weighted by atomic mass is 9.70. The van der Waals surface area contributed by atoms with Crippen molar-refractivity contribution < 1.29 is 24.2 Å². The van der Waals surface area contributed by atoms with Crippen molar-refractivity contribution in [3.8, 4) is 0 Å². The van der Waals surface area contributed by atoms with Gasteiger partial charge in [-0.1, -0.05) is 39.0 Å². The molecule has 8 heteroatoms. The summed E-state index contributed by atoms with van der Waals surface area (Å²) in [6.07, 6.45) is 1.45. The van der Waals surface area contributed by atoms with Crippen molar-refractivity contribution in [3.63, 3.8) is 0 Å². The molecule has 35 heavy (non-hydrogen) atoms. The van der Waals surface area contributed by atoms with E-state index < -0.39 is 41.2 Å². The average Bonchev–Trinajstić information content (AvgIpc) is 3.39. The number of hydrogen-bond acceptors (Lipinski definition) is 5. The van der Waals surface area contributed by atoms with E-state index in [9.17, 15) is 19.5 Å². The highest BCUT2D eigenvalue weighted by Crippen LogP contribution is 2.59. The number of benzene rings is 1. The first-order valence-corrected chi connectivity index (χ1v) is 12.6. The van der Waals surface area contributed by atoms with Crippen LogP contribution in [0.1, 0.15) is 60.8 Å². The predicted molar refractivity (Wildman–Crippen MR) is 132 cm³/mol. The van der Waals surface area contributed by atoms with Crippen LogP contribution in [0.2, 0.25) is 0 Å². The van der Waals surface area contributed by atoms with Crippen LogP contribution in [-0.2, 0) is 19.1 Å². The van der Waals surface area contributed by atoms with Gasteiger partial charge in [-0.2, -0.15) is 0 Å². The van der Waals surface area contributed by atoms with Gasteiger partial charge in [-0.25, -0.2) is 0 Å². The van der Waals surface area contributed by atoms with Gasteiger partial charge < -0.3 is 25.4 Å². The molecule has 0 radical (unpaired) electrons. The average molecular weight is 486 g/mol. The Morgan fingerprint density at radius 1 is 1.17 bits per heavy atom. The molecule has 3 heterocycles. The molecule has 0 aliphatic carbocycles. The summed E-state index contributed by atoms with van der Waals surface area (Å²) in [5.74, 6) is -2.31. The van der Waals surface area contributed by atoms with Crippen molar-refractivity contribution in [1.29, 1.82) is 0 Å². The van der Waals surface area contributed by atoms with Gasteiger partial charge in [0.15, 0.2) is 0 Å². The van der Waals surface area contributed by atoms with Gasteiger partial charge in [-0.15, -0.1) is 0 Å². The fraction of sp³-hybridized carbons (Fsp3) is 0.667. The first-order valence-electron chi connectivity index (χ1n) is 12.6. The molecule has 3 saturated heterocycles. The number of nitrogens with zero attached hydrogens (tertiary/aromatic N) is 1. The first kappa shape index (κ1) is 25.6. The number of rotatable bonds is 7. The Labute approximate surface area is 207 Å². The molecule has 0 saturated carbocycles. The topological polar surface area (TPSA) is 108 Å². The van der Waals surface area contributed by atoms with Gasteiger partial charge in [0.05, 0.1) is 30.6 Å². The van der Waals surface area contributed by atoms with Crippen LogP contribution in [0.4, 0.5) is 5.69 Å². The van der Waals surface area contributed by atoms with E-state index in [0.717, 1.165) is 6.42 Å². The highest BCUT2D eigenvalue weighted by atomic mass is 16.5. The molecule has 3 amide bonds. The van der Waals surface area contributed by atoms with Gasteiger partial charge in [0, 0.05) is 11.2 Å². The summed E-state index contributed by atoms with van der Waals surface area (Å²) in [6.45, 7) is 11.7. The van der Waals surface area contributed by atoms with Crippen LogP contribution in [0.5, 0.6) is 0 Å². The molecule has 3 N–H and O–H groups in total. The zero-order chi connectivity index (χ0) is 25.8. The molecule has 6 atom stereocenters. The molecule has 3 fully saturated rings. The SMILES string of the molecule is C[C@H](CO)N1C(=O)[C@@H]2[C@@H](C(=O)Nc3ccccc3)[C@H]3CCC2(O3)C1C(=O)NC(C)(C)CC(C)(C)C. The van der Waals surface area contributed by atoms with Crippen LogP contribution in [-0.4, -0.2) is 63.7 Å². The van der Waals surface area contributed by atoms with Crippen LogP contribution < -0.4 is 10.6 Å². The minimum absolute atomic E-state index is 0.00981. The molecule has 2 bridgehead atoms. The molecule has 192 valence electrons. The number of aliphatic hydroxyl groups excluding tert-OH is 1. The molecule has 3 aliphatic rings. The molecule has 1 aromatic rings. The molecule has 1 aromatic carbocycles. The van der Waals surface area contributed by atoms with E-state index in [-0.39, 0.29) is 29.7 Å². The number of carbonyl (C=O) groups is 3. The van der Waals surface area contributed by atoms with Crippen molar-refractivity contribution in [3.05, 3.63) is 30.3 Å². The largest absolute Gasteiger partial charge is 0.394 e. The van der Waals surface area contributed by atoms with Gasteiger partial charge >= 0.3 is 0 Å². The van der Waals surface area contributed by atoms with Crippen molar-refractivity contribution >= 4 is 23.4 Å². The summed E-state index contributed by atoms with van der Waals surface area (Å²) in [5.41, 5.74) is -0.948. The second kappa shape index (κ2) is 8.89. The van der Waals surface area contributed by atoms with Crippen molar-refractivity contribution in [2.45, 2.75) is 90.1 Å². The van der Waals surface area contributed by atoms with E-state index in [4.69, 9.17) is 4.74 Å². The maximum absolute atomic E-state index is 13.8. The van der Waals surface area contributed by atoms with Gasteiger partial charge in [0.2, 0.25) is 17.7 Å². The Kier molecular flexibility index (Phi) is 6.51. The quantitative estimate of drug-likeness (QED) is 0.550. The molecule has 1 spiro atoms. The van der Waals surface area contributed by atoms with E-state index in [2.05, 4.69) is 31.4 Å². The van der Waals surface area contributed by atoms with Crippen LogP contribution in [0.3, 0.4) is 0 Å². The summed E-state index contributed by atoms with van der Waals surface area (Å²) in [5, 5.41) is 16.0. The highest BCUT2D eigenvalue weighted by Gasteiger charge is 2.75. The molecular weight excluding hydrogens is 446 g/mol. The van der Waals surface area contributed by atoms with Gasteiger partial charge in [-0.3, -0.25) is 14.4 Å². The molecule has 8 nitrogen and oxygen atoms in total. The van der Waals surface area contributed by atoms with Gasteiger partial charge in [0.1, 0.15) is 11.6 Å². The smallest absolute Gasteiger partial charge is 0.246 e. The third-order valence-electron chi connectivity index (χ3n) is 7.50. The third-order valence-corrected chi connectivity index (χ3v) is 7.50. The van der Waals surface area contributed by atoms with E-state index in [0.29, 0.717) is 18.5 Å². The number of fused-ring (bicyclic) bond motifs is 1. The van der Waals surface area contributed by atoms with Crippen molar-refractivity contribution in [2.24, 2.45) is 17.3 Å². The van der Waals surface area contributed by atoms with Crippen LogP contribution >= 0.6 is 0 Å². The Hall–Kier alpha value is -2.45. The highest BCUT2D eigenvalue weighted by molar-refractivity contribution is 6.02. The van der Waals surface area contributed by atoms with E-state index >= 15 is 0 Å². The second-order valence-corrected chi connectivity index (χ2v) is 12.3. The number of hydrogen-bond donors (Lipinski definition) is 3. The van der Waals surface area contributed by atoms with Crippen molar-refractivity contribution in [1.82, 2.24) is 10.2 Å². The number of likely N-dealkylation sites (tertiary alicyclic amines) is 1. The Morgan fingerprint density at radius 3 is 2.43 bits per heavy atom. The lowest BCUT2D eigenvalue weighted by Crippen LogP contribution is -2.60. The predicted octanol–water partition coefficient (Wildman–Crippen LogP) is 2.71. The monoisotopic (exact) mass is 485 g/mol. The maximum atomic E-state index is 13.8. The number of anilines is 1. The Bertz CT molecular complexity index is 988. The van der Waals surface area contributed by atoms with Crippen LogP contribution in [0.25, 0.3) is 0 Å². The normalized spacial score (nSPS) is 30.8. The number of aliphatic hydroxyl groups is 1. The lowest BCUT2D eigenvalue weighted by molar-refractivity contribution is -0.145. The van der Waals surface area contributed by atoms with Gasteiger partial charge in [-0.05, 0) is 57.6 Å². The summed E-state index contributed by atoms with van der Waals surface area (Å²) in [4.78, 5) is 42.5. The Morgan fingerprint density at radius 2 is 1.83 bits per heavy atom. The first-order chi connectivity index (χ1) is 16.3. The number of carbonyl (C=O) groups excluding carboxylic acids is 3. The minimum atomic E-state index is -1.08. The molecule has 2 unspecified atom stereocenters. The Balaban J connectivity index is 1.66. The number of amides is 3. The summed E-state index contributed by atoms with van der Waals surface area (Å²) >= 11 is 0. The minimum Gasteiger partial charge on any atom is -0.394 e. The standard InChI is InChI=1S/C27H39N3O5/c1-16(14-31)30-21(23(33)29-26(5,6)15-25(2,3)4)27-13-12-18(35-27)19(20(27)24(30)34)22(32)28-17-10-8-7-9-11-17/h7-11,16,18-21,31H,12-15H2,1-6H3,(H,28,32)(H,29,33)/t16-,18-,19+,20+,21?,27?/m1/s1. The zero-order valence-electron chi connectivity index (χ0n) is 21.6. The summed E-state index contributed by atoms with van der Waals surface area (Å²) in [6, 6.07) is 7.64. The summed E-state index contributed by atoms with van der Waals surface area (Å²) < 4.78 is 6.43. The maximum Gasteiger partial charge on any atom is 0.246 e. The van der Waals surface area contributed by atoms with E-state index in [1.807, 2.05) is 32.0 Å². The third kappa shape index (κ3) is 4.58. The lowest BCUT2D eigenvalue weighted by Gasteiger charge is -2.39. The fourth-order valence-corrected chi connectivity index (χ4v) is 6.77. The second-order valence-electron chi connectivity index (χ2n) is 12.3. The summed E-state index contributed by atoms with van der Waals surface area (Å²) in [7, 11) is 0. The molecular formula is C27H39N3O5. The number of para-hydroxylation sites is 1. The molecule has 0 aromatic heterocycles. The molecule has 3 aliphatic heterocycles. The fourth-order valence-electron chi connectivity index (χ4n) is 6.77. The van der Waals surface area contributed by atoms with Gasteiger partial charge in [0.25, 0.3) is 0 Å². The van der Waals surface area contributed by atoms with Crippen molar-refractivity contribution in [2.75, 3.05) is 11.9 Å².